The van der Waals surface area contributed by atoms with Crippen LogP contribution >= 0.6 is 11.6 Å². The molecule has 0 aliphatic carbocycles. The standard InChI is InChI=1S/C10H8ClNO2/c1-6-5-12-14-10(6)8-4-7(11)2-3-9(8)13/h2-5,13H,1H3. The second-order valence-corrected chi connectivity index (χ2v) is 3.44. The number of halogens is 1. The van der Waals surface area contributed by atoms with E-state index in [1.807, 2.05) is 6.92 Å². The summed E-state index contributed by atoms with van der Waals surface area (Å²) in [7, 11) is 0. The Balaban J connectivity index is 2.62. The third-order valence-electron chi connectivity index (χ3n) is 1.95. The molecule has 0 atom stereocenters. The summed E-state index contributed by atoms with van der Waals surface area (Å²) in [6.45, 7) is 1.85. The Bertz CT molecular complexity index is 465. The maximum absolute atomic E-state index is 9.58. The van der Waals surface area contributed by atoms with Crippen LogP contribution in [0.25, 0.3) is 11.3 Å². The van der Waals surface area contributed by atoms with Crippen molar-refractivity contribution in [3.8, 4) is 17.1 Å². The first kappa shape index (κ1) is 9.09. The molecule has 72 valence electrons. The lowest BCUT2D eigenvalue weighted by Gasteiger charge is -2.01. The van der Waals surface area contributed by atoms with Crippen LogP contribution in [0.4, 0.5) is 0 Å². The average molecular weight is 210 g/mol. The van der Waals surface area contributed by atoms with Gasteiger partial charge in [0.15, 0.2) is 5.76 Å². The highest BCUT2D eigenvalue weighted by Gasteiger charge is 2.11. The number of benzene rings is 1. The first-order chi connectivity index (χ1) is 6.68. The zero-order valence-electron chi connectivity index (χ0n) is 7.49. The molecule has 1 aromatic heterocycles. The van der Waals surface area contributed by atoms with E-state index in [0.29, 0.717) is 16.3 Å². The van der Waals surface area contributed by atoms with E-state index in [2.05, 4.69) is 5.16 Å². The van der Waals surface area contributed by atoms with Gasteiger partial charge in [-0.2, -0.15) is 0 Å². The fourth-order valence-electron chi connectivity index (χ4n) is 1.24. The molecular formula is C10H8ClNO2. The molecule has 0 fully saturated rings. The molecule has 0 unspecified atom stereocenters. The van der Waals surface area contributed by atoms with Gasteiger partial charge in [0.05, 0.1) is 11.8 Å². The average Bonchev–Trinajstić information content (AvgIpc) is 2.56. The van der Waals surface area contributed by atoms with Gasteiger partial charge < -0.3 is 9.63 Å². The van der Waals surface area contributed by atoms with E-state index in [0.717, 1.165) is 5.56 Å². The largest absolute Gasteiger partial charge is 0.507 e. The number of phenols is 1. The molecule has 4 heteroatoms. The number of nitrogens with zero attached hydrogens (tertiary/aromatic N) is 1. The number of aromatic hydroxyl groups is 1. The minimum atomic E-state index is 0.134. The van der Waals surface area contributed by atoms with E-state index >= 15 is 0 Å². The van der Waals surface area contributed by atoms with Crippen molar-refractivity contribution in [2.45, 2.75) is 6.92 Å². The number of hydrogen-bond donors (Lipinski definition) is 1. The number of aromatic nitrogens is 1. The van der Waals surface area contributed by atoms with Gasteiger partial charge in [-0.1, -0.05) is 16.8 Å². The third kappa shape index (κ3) is 1.46. The maximum atomic E-state index is 9.58. The lowest BCUT2D eigenvalue weighted by Crippen LogP contribution is -1.79. The summed E-state index contributed by atoms with van der Waals surface area (Å²) in [6, 6.07) is 4.79. The molecule has 0 saturated heterocycles. The van der Waals surface area contributed by atoms with Gasteiger partial charge in [0.1, 0.15) is 5.75 Å². The molecule has 0 aliphatic rings. The third-order valence-corrected chi connectivity index (χ3v) is 2.19. The Morgan fingerprint density at radius 3 is 2.86 bits per heavy atom. The van der Waals surface area contributed by atoms with Crippen LogP contribution in [-0.2, 0) is 0 Å². The fourth-order valence-corrected chi connectivity index (χ4v) is 1.41. The topological polar surface area (TPSA) is 46.3 Å². The number of hydrogen-bond acceptors (Lipinski definition) is 3. The van der Waals surface area contributed by atoms with E-state index in [-0.39, 0.29) is 5.75 Å². The Morgan fingerprint density at radius 2 is 2.21 bits per heavy atom. The van der Waals surface area contributed by atoms with E-state index in [9.17, 15) is 5.11 Å². The quantitative estimate of drug-likeness (QED) is 0.785. The SMILES string of the molecule is Cc1cnoc1-c1cc(Cl)ccc1O. The van der Waals surface area contributed by atoms with Crippen LogP contribution in [0.15, 0.2) is 28.9 Å². The first-order valence-corrected chi connectivity index (χ1v) is 4.46. The molecule has 0 saturated carbocycles. The second kappa shape index (κ2) is 3.35. The van der Waals surface area contributed by atoms with Gasteiger partial charge in [-0.15, -0.1) is 0 Å². The highest BCUT2D eigenvalue weighted by atomic mass is 35.5. The Labute approximate surface area is 85.9 Å². The van der Waals surface area contributed by atoms with Crippen molar-refractivity contribution in [1.82, 2.24) is 5.16 Å². The summed E-state index contributed by atoms with van der Waals surface area (Å²) in [6.07, 6.45) is 1.59. The van der Waals surface area contributed by atoms with Crippen molar-refractivity contribution in [3.05, 3.63) is 35.0 Å². The van der Waals surface area contributed by atoms with E-state index in [1.54, 1.807) is 18.3 Å². The summed E-state index contributed by atoms with van der Waals surface area (Å²) in [5, 5.41) is 13.8. The van der Waals surface area contributed by atoms with Crippen molar-refractivity contribution < 1.29 is 9.63 Å². The van der Waals surface area contributed by atoms with Gasteiger partial charge in [0.25, 0.3) is 0 Å². The van der Waals surface area contributed by atoms with E-state index in [1.165, 1.54) is 6.07 Å². The molecule has 0 aliphatic heterocycles. The molecule has 0 bridgehead atoms. The molecular weight excluding hydrogens is 202 g/mol. The summed E-state index contributed by atoms with van der Waals surface area (Å²) in [4.78, 5) is 0. The van der Waals surface area contributed by atoms with Gasteiger partial charge in [-0.05, 0) is 25.1 Å². The predicted octanol–water partition coefficient (Wildman–Crippen LogP) is 3.01. The molecule has 0 amide bonds. The Kier molecular flexibility index (Phi) is 2.17. The van der Waals surface area contributed by atoms with Crippen LogP contribution in [0.1, 0.15) is 5.56 Å². The molecule has 3 nitrogen and oxygen atoms in total. The minimum absolute atomic E-state index is 0.134. The highest BCUT2D eigenvalue weighted by Crippen LogP contribution is 2.33. The van der Waals surface area contributed by atoms with Gasteiger partial charge in [0, 0.05) is 10.6 Å². The monoisotopic (exact) mass is 209 g/mol. The molecule has 2 rings (SSSR count). The predicted molar refractivity (Wildman–Crippen MR) is 53.4 cm³/mol. The summed E-state index contributed by atoms with van der Waals surface area (Å²) in [5.41, 5.74) is 1.43. The molecule has 1 N–H and O–H groups in total. The van der Waals surface area contributed by atoms with E-state index < -0.39 is 0 Å². The number of aryl methyl sites for hydroxylation is 1. The first-order valence-electron chi connectivity index (χ1n) is 4.08. The molecule has 14 heavy (non-hydrogen) atoms. The molecule has 2 aromatic rings. The van der Waals surface area contributed by atoms with Crippen molar-refractivity contribution >= 4 is 11.6 Å². The molecule has 0 radical (unpaired) electrons. The maximum Gasteiger partial charge on any atom is 0.173 e. The number of rotatable bonds is 1. The van der Waals surface area contributed by atoms with Crippen LogP contribution in [0.5, 0.6) is 5.75 Å². The van der Waals surface area contributed by atoms with Crippen molar-refractivity contribution in [2.75, 3.05) is 0 Å². The van der Waals surface area contributed by atoms with Crippen molar-refractivity contribution in [1.29, 1.82) is 0 Å². The van der Waals surface area contributed by atoms with Gasteiger partial charge >= 0.3 is 0 Å². The Hall–Kier alpha value is -1.48. The normalized spacial score (nSPS) is 10.4. The number of phenolic OH excluding ortho intramolecular Hbond substituents is 1. The highest BCUT2D eigenvalue weighted by molar-refractivity contribution is 6.30. The summed E-state index contributed by atoms with van der Waals surface area (Å²) < 4.78 is 5.02. The minimum Gasteiger partial charge on any atom is -0.507 e. The fraction of sp³-hybridized carbons (Fsp3) is 0.100. The summed E-state index contributed by atoms with van der Waals surface area (Å²) >= 11 is 5.81. The van der Waals surface area contributed by atoms with Crippen LogP contribution in [-0.4, -0.2) is 10.3 Å². The van der Waals surface area contributed by atoms with Gasteiger partial charge in [-0.3, -0.25) is 0 Å². The smallest absolute Gasteiger partial charge is 0.173 e. The summed E-state index contributed by atoms with van der Waals surface area (Å²) in [5.74, 6) is 0.680. The molecule has 0 spiro atoms. The van der Waals surface area contributed by atoms with Crippen LogP contribution in [0.2, 0.25) is 5.02 Å². The van der Waals surface area contributed by atoms with E-state index in [4.69, 9.17) is 16.1 Å². The van der Waals surface area contributed by atoms with Crippen LogP contribution in [0.3, 0.4) is 0 Å². The van der Waals surface area contributed by atoms with Crippen LogP contribution in [0, 0.1) is 6.92 Å². The van der Waals surface area contributed by atoms with Gasteiger partial charge in [-0.25, -0.2) is 0 Å². The molecule has 1 aromatic carbocycles. The van der Waals surface area contributed by atoms with Crippen molar-refractivity contribution in [3.63, 3.8) is 0 Å². The molecule has 1 heterocycles. The zero-order valence-corrected chi connectivity index (χ0v) is 8.25. The lowest BCUT2D eigenvalue weighted by molar-refractivity contribution is 0.425. The van der Waals surface area contributed by atoms with Crippen molar-refractivity contribution in [2.24, 2.45) is 0 Å². The second-order valence-electron chi connectivity index (χ2n) is 3.00. The lowest BCUT2D eigenvalue weighted by atomic mass is 10.1. The Morgan fingerprint density at radius 1 is 1.43 bits per heavy atom. The zero-order chi connectivity index (χ0) is 10.1. The van der Waals surface area contributed by atoms with Gasteiger partial charge in [0.2, 0.25) is 0 Å². The van der Waals surface area contributed by atoms with Crippen LogP contribution < -0.4 is 0 Å².